The van der Waals surface area contributed by atoms with Crippen molar-refractivity contribution in [1.82, 2.24) is 5.43 Å². The zero-order valence-corrected chi connectivity index (χ0v) is 12.0. The van der Waals surface area contributed by atoms with E-state index in [-0.39, 0.29) is 6.04 Å². The van der Waals surface area contributed by atoms with Crippen LogP contribution in [0.1, 0.15) is 30.9 Å². The molecule has 3 N–H and O–H groups in total. The van der Waals surface area contributed by atoms with E-state index in [9.17, 15) is 0 Å². The number of benzene rings is 1. The van der Waals surface area contributed by atoms with E-state index in [0.29, 0.717) is 0 Å². The maximum Gasteiger partial charge on any atom is 0.0461 e. The number of halogens is 2. The lowest BCUT2D eigenvalue weighted by molar-refractivity contribution is 0.502. The molecule has 0 saturated heterocycles. The molecule has 0 aromatic heterocycles. The normalized spacial score (nSPS) is 12.1. The summed E-state index contributed by atoms with van der Waals surface area (Å²) in [7, 11) is 0. The highest BCUT2D eigenvalue weighted by Gasteiger charge is 2.10. The highest BCUT2D eigenvalue weighted by Crippen LogP contribution is 2.26. The number of hydrogen-bond acceptors (Lipinski definition) is 2. The maximum absolute atomic E-state index is 5.55. The molecule has 0 bridgehead atoms. The van der Waals surface area contributed by atoms with Crippen LogP contribution in [0.25, 0.3) is 0 Å². The number of rotatable bonds is 5. The number of unbranched alkanes of at least 4 members (excludes halogenated alkanes) is 1. The first-order valence-corrected chi connectivity index (χ1v) is 6.61. The van der Waals surface area contributed by atoms with Gasteiger partial charge in [-0.15, -0.1) is 12.3 Å². The molecule has 0 radical (unpaired) electrons. The summed E-state index contributed by atoms with van der Waals surface area (Å²) >= 11 is 6.92. The van der Waals surface area contributed by atoms with E-state index in [4.69, 9.17) is 12.3 Å². The molecule has 0 amide bonds. The predicted octanol–water partition coefficient (Wildman–Crippen LogP) is 3.52. The summed E-state index contributed by atoms with van der Waals surface area (Å²) in [6.45, 7) is 0. The summed E-state index contributed by atoms with van der Waals surface area (Å²) in [5, 5.41) is 0. The first-order valence-electron chi connectivity index (χ1n) is 5.03. The number of nitrogens with one attached hydrogen (secondary N) is 1. The van der Waals surface area contributed by atoms with Crippen molar-refractivity contribution in [3.05, 3.63) is 32.7 Å². The number of hydrogen-bond donors (Lipinski definition) is 2. The second kappa shape index (κ2) is 7.08. The Labute approximate surface area is 113 Å². The fourth-order valence-electron chi connectivity index (χ4n) is 1.53. The van der Waals surface area contributed by atoms with E-state index in [1.807, 2.05) is 6.07 Å². The van der Waals surface area contributed by atoms with Gasteiger partial charge in [-0.3, -0.25) is 11.3 Å². The van der Waals surface area contributed by atoms with Gasteiger partial charge in [0.05, 0.1) is 0 Å². The van der Waals surface area contributed by atoms with Crippen LogP contribution in [0.4, 0.5) is 0 Å². The minimum Gasteiger partial charge on any atom is -0.271 e. The molecule has 2 nitrogen and oxygen atoms in total. The van der Waals surface area contributed by atoms with Gasteiger partial charge in [0, 0.05) is 21.4 Å². The molecule has 0 heterocycles. The van der Waals surface area contributed by atoms with E-state index in [1.165, 1.54) is 0 Å². The molecule has 16 heavy (non-hydrogen) atoms. The van der Waals surface area contributed by atoms with Gasteiger partial charge in [0.1, 0.15) is 0 Å². The topological polar surface area (TPSA) is 38.0 Å². The molecule has 0 fully saturated rings. The van der Waals surface area contributed by atoms with Gasteiger partial charge in [-0.2, -0.15) is 0 Å². The molecule has 0 aliphatic heterocycles. The molecule has 1 aromatic carbocycles. The van der Waals surface area contributed by atoms with Gasteiger partial charge >= 0.3 is 0 Å². The molecule has 0 aliphatic carbocycles. The highest BCUT2D eigenvalue weighted by atomic mass is 79.9. The molecule has 0 aliphatic rings. The lowest BCUT2D eigenvalue weighted by Gasteiger charge is -2.16. The average Bonchev–Trinajstić information content (AvgIpc) is 2.23. The Kier molecular flexibility index (Phi) is 6.07. The fraction of sp³-hybridized carbons (Fsp3) is 0.333. The molecule has 0 spiro atoms. The van der Waals surface area contributed by atoms with Crippen molar-refractivity contribution in [2.24, 2.45) is 5.84 Å². The third kappa shape index (κ3) is 4.26. The Morgan fingerprint density at radius 3 is 2.44 bits per heavy atom. The number of terminal acetylenes is 1. The molecular weight excluding hydrogens is 332 g/mol. The van der Waals surface area contributed by atoms with E-state index < -0.39 is 0 Å². The van der Waals surface area contributed by atoms with Crippen molar-refractivity contribution in [3.63, 3.8) is 0 Å². The minimum absolute atomic E-state index is 0.141. The number of nitrogens with two attached hydrogens (primary N) is 1. The second-order valence-corrected chi connectivity index (χ2v) is 5.35. The fourth-order valence-corrected chi connectivity index (χ4v) is 2.86. The SMILES string of the molecule is C#CCCCC(NN)c1cc(Br)cc(Br)c1. The van der Waals surface area contributed by atoms with Crippen LogP contribution >= 0.6 is 31.9 Å². The predicted molar refractivity (Wildman–Crippen MR) is 74.6 cm³/mol. The molecule has 1 atom stereocenters. The van der Waals surface area contributed by atoms with E-state index >= 15 is 0 Å². The van der Waals surface area contributed by atoms with Crippen molar-refractivity contribution in [1.29, 1.82) is 0 Å². The minimum atomic E-state index is 0.141. The first kappa shape index (κ1) is 13.7. The monoisotopic (exact) mass is 344 g/mol. The molecule has 1 rings (SSSR count). The van der Waals surface area contributed by atoms with Gasteiger partial charge in [0.15, 0.2) is 0 Å². The summed E-state index contributed by atoms with van der Waals surface area (Å²) in [6.07, 6.45) is 7.91. The van der Waals surface area contributed by atoms with Crippen LogP contribution in [0.5, 0.6) is 0 Å². The zero-order valence-electron chi connectivity index (χ0n) is 8.84. The molecule has 0 saturated carbocycles. The lowest BCUT2D eigenvalue weighted by atomic mass is 10.0. The summed E-state index contributed by atoms with van der Waals surface area (Å²) in [6, 6.07) is 6.26. The van der Waals surface area contributed by atoms with Gasteiger partial charge in [-0.25, -0.2) is 0 Å². The standard InChI is InChI=1S/C12H14Br2N2/c1-2-3-4-5-12(16-15)9-6-10(13)8-11(14)7-9/h1,6-8,12,16H,3-5,15H2. The third-order valence-corrected chi connectivity index (χ3v) is 3.22. The second-order valence-electron chi connectivity index (χ2n) is 3.52. The lowest BCUT2D eigenvalue weighted by Crippen LogP contribution is -2.28. The van der Waals surface area contributed by atoms with Crippen molar-refractivity contribution in [3.8, 4) is 12.3 Å². The van der Waals surface area contributed by atoms with Gasteiger partial charge < -0.3 is 0 Å². The summed E-state index contributed by atoms with van der Waals surface area (Å²) in [5.41, 5.74) is 3.97. The molecule has 1 aromatic rings. The van der Waals surface area contributed by atoms with Crippen LogP contribution in [-0.2, 0) is 0 Å². The van der Waals surface area contributed by atoms with E-state index in [2.05, 4.69) is 55.3 Å². The zero-order chi connectivity index (χ0) is 12.0. The quantitative estimate of drug-likeness (QED) is 0.371. The van der Waals surface area contributed by atoms with Gasteiger partial charge in [-0.05, 0) is 36.6 Å². The number of hydrazine groups is 1. The Morgan fingerprint density at radius 2 is 1.94 bits per heavy atom. The maximum atomic E-state index is 5.55. The van der Waals surface area contributed by atoms with Crippen LogP contribution in [-0.4, -0.2) is 0 Å². The Bertz CT molecular complexity index is 365. The van der Waals surface area contributed by atoms with Crippen molar-refractivity contribution in [2.45, 2.75) is 25.3 Å². The first-order chi connectivity index (χ1) is 7.67. The Morgan fingerprint density at radius 1 is 1.31 bits per heavy atom. The van der Waals surface area contributed by atoms with Gasteiger partial charge in [-0.1, -0.05) is 31.9 Å². The molecule has 1 unspecified atom stereocenters. The third-order valence-electron chi connectivity index (χ3n) is 2.30. The van der Waals surface area contributed by atoms with E-state index in [1.54, 1.807) is 0 Å². The van der Waals surface area contributed by atoms with Gasteiger partial charge in [0.25, 0.3) is 0 Å². The van der Waals surface area contributed by atoms with Gasteiger partial charge in [0.2, 0.25) is 0 Å². The van der Waals surface area contributed by atoms with Crippen LogP contribution in [0.3, 0.4) is 0 Å². The smallest absolute Gasteiger partial charge is 0.0461 e. The van der Waals surface area contributed by atoms with Crippen LogP contribution in [0.15, 0.2) is 27.1 Å². The van der Waals surface area contributed by atoms with E-state index in [0.717, 1.165) is 33.8 Å². The summed E-state index contributed by atoms with van der Waals surface area (Å²) in [4.78, 5) is 0. The van der Waals surface area contributed by atoms with Crippen LogP contribution in [0.2, 0.25) is 0 Å². The Hall–Kier alpha value is -0.340. The summed E-state index contributed by atoms with van der Waals surface area (Å²) in [5.74, 6) is 8.19. The highest BCUT2D eigenvalue weighted by molar-refractivity contribution is 9.11. The molecular formula is C12H14Br2N2. The van der Waals surface area contributed by atoms with Crippen molar-refractivity contribution < 1.29 is 0 Å². The van der Waals surface area contributed by atoms with Crippen LogP contribution in [0, 0.1) is 12.3 Å². The largest absolute Gasteiger partial charge is 0.271 e. The van der Waals surface area contributed by atoms with Crippen molar-refractivity contribution >= 4 is 31.9 Å². The molecule has 86 valence electrons. The van der Waals surface area contributed by atoms with Crippen molar-refractivity contribution in [2.75, 3.05) is 0 Å². The average molecular weight is 346 g/mol. The van der Waals surface area contributed by atoms with Crippen LogP contribution < -0.4 is 11.3 Å². The Balaban J connectivity index is 2.74. The summed E-state index contributed by atoms with van der Waals surface area (Å²) < 4.78 is 2.07. The molecule has 4 heteroatoms.